The average Bonchev–Trinajstić information content (AvgIpc) is 2.85. The van der Waals surface area contributed by atoms with E-state index in [4.69, 9.17) is 15.3 Å². The van der Waals surface area contributed by atoms with Crippen LogP contribution < -0.4 is 10.5 Å². The van der Waals surface area contributed by atoms with E-state index in [1.807, 2.05) is 0 Å². The quantitative estimate of drug-likeness (QED) is 0.886. The van der Waals surface area contributed by atoms with Gasteiger partial charge in [-0.25, -0.2) is 0 Å². The Labute approximate surface area is 123 Å². The first-order chi connectivity index (χ1) is 10.3. The van der Waals surface area contributed by atoms with Gasteiger partial charge >= 0.3 is 12.3 Å². The predicted molar refractivity (Wildman–Crippen MR) is 70.1 cm³/mol. The molecule has 0 bridgehead atoms. The van der Waals surface area contributed by atoms with Gasteiger partial charge in [0.1, 0.15) is 23.3 Å². The third-order valence-corrected chi connectivity index (χ3v) is 2.78. The van der Waals surface area contributed by atoms with Crippen molar-refractivity contribution in [2.45, 2.75) is 18.8 Å². The number of hydrogen-bond donors (Lipinski definition) is 2. The second kappa shape index (κ2) is 6.10. The van der Waals surface area contributed by atoms with Crippen LogP contribution in [-0.2, 0) is 11.2 Å². The van der Waals surface area contributed by atoms with Crippen LogP contribution in [0.1, 0.15) is 5.76 Å². The first-order valence-corrected chi connectivity index (χ1v) is 6.18. The van der Waals surface area contributed by atoms with Crippen molar-refractivity contribution in [1.29, 1.82) is 0 Å². The molecule has 1 unspecified atom stereocenters. The second-order valence-corrected chi connectivity index (χ2v) is 4.46. The lowest BCUT2D eigenvalue weighted by molar-refractivity contribution is -0.274. The zero-order valence-corrected chi connectivity index (χ0v) is 11.1. The van der Waals surface area contributed by atoms with Gasteiger partial charge in [-0.1, -0.05) is 12.1 Å². The van der Waals surface area contributed by atoms with Gasteiger partial charge in [0, 0.05) is 6.42 Å². The molecule has 0 spiro atoms. The Morgan fingerprint density at radius 2 is 1.95 bits per heavy atom. The maximum Gasteiger partial charge on any atom is 0.573 e. The molecular weight excluding hydrogens is 303 g/mol. The standard InChI is InChI=1S/C14H12F3NO4/c15-14(16,17)22-12-4-2-1-3-9(12)11-6-5-8(21-11)7-10(18)13(19)20/h1-6,10H,7,18H2,(H,19,20). The van der Waals surface area contributed by atoms with Crippen molar-refractivity contribution in [3.8, 4) is 17.1 Å². The van der Waals surface area contributed by atoms with Crippen molar-refractivity contribution in [2.75, 3.05) is 0 Å². The van der Waals surface area contributed by atoms with Crippen LogP contribution in [0.3, 0.4) is 0 Å². The van der Waals surface area contributed by atoms with Crippen LogP contribution in [0.25, 0.3) is 11.3 Å². The van der Waals surface area contributed by atoms with Gasteiger partial charge in [-0.3, -0.25) is 4.79 Å². The summed E-state index contributed by atoms with van der Waals surface area (Å²) in [5.41, 5.74) is 5.48. The fourth-order valence-electron chi connectivity index (χ4n) is 1.82. The molecule has 0 aliphatic rings. The van der Waals surface area contributed by atoms with Crippen molar-refractivity contribution >= 4 is 5.97 Å². The van der Waals surface area contributed by atoms with E-state index in [2.05, 4.69) is 4.74 Å². The molecule has 8 heteroatoms. The number of nitrogens with two attached hydrogens (primary N) is 1. The van der Waals surface area contributed by atoms with E-state index < -0.39 is 24.1 Å². The van der Waals surface area contributed by atoms with Crippen molar-refractivity contribution in [2.24, 2.45) is 5.73 Å². The number of benzene rings is 1. The topological polar surface area (TPSA) is 85.7 Å². The van der Waals surface area contributed by atoms with Crippen molar-refractivity contribution in [3.63, 3.8) is 0 Å². The smallest absolute Gasteiger partial charge is 0.480 e. The van der Waals surface area contributed by atoms with E-state index in [-0.39, 0.29) is 23.5 Å². The molecule has 0 amide bonds. The Kier molecular flexibility index (Phi) is 4.41. The number of halogens is 3. The molecule has 2 rings (SSSR count). The molecule has 1 atom stereocenters. The normalized spacial score (nSPS) is 12.9. The predicted octanol–water partition coefficient (Wildman–Crippen LogP) is 2.80. The number of furan rings is 1. The molecule has 0 aliphatic carbocycles. The molecule has 0 saturated heterocycles. The molecule has 3 N–H and O–H groups in total. The lowest BCUT2D eigenvalue weighted by atomic mass is 10.1. The summed E-state index contributed by atoms with van der Waals surface area (Å²) >= 11 is 0. The molecule has 2 aromatic rings. The van der Waals surface area contributed by atoms with Crippen molar-refractivity contribution in [3.05, 3.63) is 42.2 Å². The Morgan fingerprint density at radius 3 is 2.59 bits per heavy atom. The van der Waals surface area contributed by atoms with Gasteiger partial charge in [0.2, 0.25) is 0 Å². The van der Waals surface area contributed by atoms with Crippen LogP contribution in [0.4, 0.5) is 13.2 Å². The minimum atomic E-state index is -4.82. The molecular formula is C14H12F3NO4. The van der Waals surface area contributed by atoms with Crippen LogP contribution in [0.5, 0.6) is 5.75 Å². The highest BCUT2D eigenvalue weighted by Gasteiger charge is 2.32. The molecule has 1 heterocycles. The van der Waals surface area contributed by atoms with Gasteiger partial charge < -0.3 is 20.0 Å². The SMILES string of the molecule is NC(Cc1ccc(-c2ccccc2OC(F)(F)F)o1)C(=O)O. The van der Waals surface area contributed by atoms with Crippen LogP contribution in [0.15, 0.2) is 40.8 Å². The van der Waals surface area contributed by atoms with Gasteiger partial charge in [-0.2, -0.15) is 0 Å². The van der Waals surface area contributed by atoms with E-state index in [1.165, 1.54) is 30.3 Å². The molecule has 22 heavy (non-hydrogen) atoms. The number of ether oxygens (including phenoxy) is 1. The minimum Gasteiger partial charge on any atom is -0.480 e. The molecule has 1 aromatic carbocycles. The number of carboxylic acid groups (broad SMARTS) is 1. The minimum absolute atomic E-state index is 0.0718. The van der Waals surface area contributed by atoms with Gasteiger partial charge in [-0.05, 0) is 24.3 Å². The highest BCUT2D eigenvalue weighted by Crippen LogP contribution is 2.34. The number of rotatable bonds is 5. The zero-order chi connectivity index (χ0) is 16.3. The van der Waals surface area contributed by atoms with Gasteiger partial charge in [0.25, 0.3) is 0 Å². The maximum atomic E-state index is 12.4. The van der Waals surface area contributed by atoms with E-state index >= 15 is 0 Å². The first kappa shape index (κ1) is 15.9. The molecule has 0 radical (unpaired) electrons. The Morgan fingerprint density at radius 1 is 1.27 bits per heavy atom. The number of para-hydroxylation sites is 1. The summed E-state index contributed by atoms with van der Waals surface area (Å²) in [6, 6.07) is 7.24. The number of alkyl halides is 3. The fourth-order valence-corrected chi connectivity index (χ4v) is 1.82. The highest BCUT2D eigenvalue weighted by atomic mass is 19.4. The van der Waals surface area contributed by atoms with Gasteiger partial charge in [-0.15, -0.1) is 13.2 Å². The molecule has 0 saturated carbocycles. The monoisotopic (exact) mass is 315 g/mol. The molecule has 0 fully saturated rings. The number of carbonyl (C=O) groups is 1. The van der Waals surface area contributed by atoms with E-state index in [9.17, 15) is 18.0 Å². The summed E-state index contributed by atoms with van der Waals surface area (Å²) in [5.74, 6) is -1.21. The Bertz CT molecular complexity index is 666. The van der Waals surface area contributed by atoms with Gasteiger partial charge in [0.05, 0.1) is 5.56 Å². The first-order valence-electron chi connectivity index (χ1n) is 6.18. The summed E-state index contributed by atoms with van der Waals surface area (Å²) < 4.78 is 46.4. The van der Waals surface area contributed by atoms with E-state index in [0.29, 0.717) is 0 Å². The fraction of sp³-hybridized carbons (Fsp3) is 0.214. The lowest BCUT2D eigenvalue weighted by Gasteiger charge is -2.11. The molecule has 1 aromatic heterocycles. The summed E-state index contributed by atoms with van der Waals surface area (Å²) in [5, 5.41) is 8.73. The van der Waals surface area contributed by atoms with E-state index in [1.54, 1.807) is 0 Å². The summed E-state index contributed by atoms with van der Waals surface area (Å²) in [6.45, 7) is 0. The van der Waals surface area contributed by atoms with Crippen LogP contribution in [-0.4, -0.2) is 23.5 Å². The molecule has 5 nitrogen and oxygen atoms in total. The number of carboxylic acids is 1. The van der Waals surface area contributed by atoms with Crippen molar-refractivity contribution in [1.82, 2.24) is 0 Å². The van der Waals surface area contributed by atoms with Crippen LogP contribution in [0, 0.1) is 0 Å². The molecule has 0 aliphatic heterocycles. The number of aliphatic carboxylic acids is 1. The molecule has 118 valence electrons. The lowest BCUT2D eigenvalue weighted by Crippen LogP contribution is -2.32. The van der Waals surface area contributed by atoms with Crippen LogP contribution in [0.2, 0.25) is 0 Å². The largest absolute Gasteiger partial charge is 0.573 e. The number of hydrogen-bond acceptors (Lipinski definition) is 4. The summed E-state index contributed by atoms with van der Waals surface area (Å²) in [4.78, 5) is 10.7. The van der Waals surface area contributed by atoms with Gasteiger partial charge in [0.15, 0.2) is 0 Å². The van der Waals surface area contributed by atoms with Crippen LogP contribution >= 0.6 is 0 Å². The van der Waals surface area contributed by atoms with E-state index in [0.717, 1.165) is 6.07 Å². The Hall–Kier alpha value is -2.48. The second-order valence-electron chi connectivity index (χ2n) is 4.46. The maximum absolute atomic E-state index is 12.4. The summed E-state index contributed by atoms with van der Waals surface area (Å²) in [6.07, 6.45) is -4.89. The zero-order valence-electron chi connectivity index (χ0n) is 11.1. The third-order valence-electron chi connectivity index (χ3n) is 2.78. The highest BCUT2D eigenvalue weighted by molar-refractivity contribution is 5.73. The third kappa shape index (κ3) is 4.01. The Balaban J connectivity index is 2.26. The summed E-state index contributed by atoms with van der Waals surface area (Å²) in [7, 11) is 0. The van der Waals surface area contributed by atoms with Crippen molar-refractivity contribution < 1.29 is 32.2 Å². The average molecular weight is 315 g/mol.